The van der Waals surface area contributed by atoms with Gasteiger partial charge in [0.15, 0.2) is 0 Å². The summed E-state index contributed by atoms with van der Waals surface area (Å²) >= 11 is 3.52. The SMILES string of the molecule is CCNC(c1cccc(F)c1)c1cc(C)cc(Br)c1. The van der Waals surface area contributed by atoms with Crippen LogP contribution in [-0.4, -0.2) is 6.54 Å². The van der Waals surface area contributed by atoms with E-state index in [9.17, 15) is 4.39 Å². The molecule has 0 bridgehead atoms. The third kappa shape index (κ3) is 3.64. The number of hydrogen-bond acceptors (Lipinski definition) is 1. The number of nitrogens with one attached hydrogen (secondary N) is 1. The highest BCUT2D eigenvalue weighted by molar-refractivity contribution is 9.10. The van der Waals surface area contributed by atoms with Crippen LogP contribution < -0.4 is 5.32 Å². The molecule has 0 amide bonds. The Kier molecular flexibility index (Phi) is 4.72. The van der Waals surface area contributed by atoms with Crippen LogP contribution in [0.2, 0.25) is 0 Å². The third-order valence-electron chi connectivity index (χ3n) is 2.99. The van der Waals surface area contributed by atoms with Crippen LogP contribution in [-0.2, 0) is 0 Å². The fourth-order valence-electron chi connectivity index (χ4n) is 2.25. The van der Waals surface area contributed by atoms with Crippen LogP contribution in [0.1, 0.15) is 29.7 Å². The van der Waals surface area contributed by atoms with E-state index in [1.165, 1.54) is 11.6 Å². The van der Waals surface area contributed by atoms with Crippen molar-refractivity contribution < 1.29 is 4.39 Å². The highest BCUT2D eigenvalue weighted by Crippen LogP contribution is 2.26. The molecule has 2 aromatic rings. The van der Waals surface area contributed by atoms with E-state index < -0.39 is 0 Å². The van der Waals surface area contributed by atoms with Gasteiger partial charge in [0, 0.05) is 4.47 Å². The molecule has 0 aromatic heterocycles. The Balaban J connectivity index is 2.44. The van der Waals surface area contributed by atoms with Crippen molar-refractivity contribution in [2.45, 2.75) is 19.9 Å². The predicted octanol–water partition coefficient (Wildman–Crippen LogP) is 4.60. The van der Waals surface area contributed by atoms with Gasteiger partial charge in [0.2, 0.25) is 0 Å². The monoisotopic (exact) mass is 321 g/mol. The lowest BCUT2D eigenvalue weighted by Gasteiger charge is -2.20. The van der Waals surface area contributed by atoms with Crippen molar-refractivity contribution in [3.05, 3.63) is 69.4 Å². The summed E-state index contributed by atoms with van der Waals surface area (Å²) in [5, 5.41) is 3.41. The van der Waals surface area contributed by atoms with Gasteiger partial charge in [0.1, 0.15) is 5.82 Å². The number of rotatable bonds is 4. The van der Waals surface area contributed by atoms with E-state index >= 15 is 0 Å². The molecule has 0 radical (unpaired) electrons. The van der Waals surface area contributed by atoms with Crippen LogP contribution in [0, 0.1) is 12.7 Å². The molecule has 2 rings (SSSR count). The molecule has 0 aliphatic heterocycles. The van der Waals surface area contributed by atoms with Gasteiger partial charge in [-0.05, 0) is 54.4 Å². The molecule has 0 fully saturated rings. The largest absolute Gasteiger partial charge is 0.307 e. The van der Waals surface area contributed by atoms with E-state index in [0.29, 0.717) is 0 Å². The van der Waals surface area contributed by atoms with Gasteiger partial charge < -0.3 is 5.32 Å². The Labute approximate surface area is 122 Å². The second kappa shape index (κ2) is 6.31. The molecule has 2 aromatic carbocycles. The summed E-state index contributed by atoms with van der Waals surface area (Å²) in [5.41, 5.74) is 3.27. The second-order valence-corrected chi connectivity index (χ2v) is 5.52. The van der Waals surface area contributed by atoms with Gasteiger partial charge in [-0.15, -0.1) is 0 Å². The van der Waals surface area contributed by atoms with Crippen molar-refractivity contribution in [3.8, 4) is 0 Å². The second-order valence-electron chi connectivity index (χ2n) is 4.61. The van der Waals surface area contributed by atoms with Gasteiger partial charge in [-0.3, -0.25) is 0 Å². The van der Waals surface area contributed by atoms with Crippen LogP contribution in [0.4, 0.5) is 4.39 Å². The van der Waals surface area contributed by atoms with Gasteiger partial charge in [-0.2, -0.15) is 0 Å². The van der Waals surface area contributed by atoms with E-state index in [0.717, 1.165) is 22.1 Å². The molecule has 0 saturated heterocycles. The molecule has 19 heavy (non-hydrogen) atoms. The topological polar surface area (TPSA) is 12.0 Å². The van der Waals surface area contributed by atoms with Gasteiger partial charge in [0.25, 0.3) is 0 Å². The Hall–Kier alpha value is -1.19. The van der Waals surface area contributed by atoms with Crippen LogP contribution >= 0.6 is 15.9 Å². The van der Waals surface area contributed by atoms with Gasteiger partial charge in [-0.25, -0.2) is 4.39 Å². The number of halogens is 2. The zero-order chi connectivity index (χ0) is 13.8. The average Bonchev–Trinajstić information content (AvgIpc) is 2.34. The van der Waals surface area contributed by atoms with E-state index in [2.05, 4.69) is 53.3 Å². The molecule has 100 valence electrons. The molecule has 1 atom stereocenters. The number of hydrogen-bond donors (Lipinski definition) is 1. The first-order chi connectivity index (χ1) is 9.10. The highest BCUT2D eigenvalue weighted by Gasteiger charge is 2.14. The molecule has 3 heteroatoms. The molecule has 1 unspecified atom stereocenters. The number of aryl methyl sites for hydroxylation is 1. The first-order valence-electron chi connectivity index (χ1n) is 6.36. The molecule has 1 nitrogen and oxygen atoms in total. The lowest BCUT2D eigenvalue weighted by Crippen LogP contribution is -2.22. The fourth-order valence-corrected chi connectivity index (χ4v) is 2.88. The Bertz CT molecular complexity index is 548. The summed E-state index contributed by atoms with van der Waals surface area (Å²) in [6.45, 7) is 4.94. The fraction of sp³-hybridized carbons (Fsp3) is 0.250. The maximum atomic E-state index is 13.4. The van der Waals surface area contributed by atoms with Crippen molar-refractivity contribution in [2.75, 3.05) is 6.54 Å². The summed E-state index contributed by atoms with van der Waals surface area (Å²) in [4.78, 5) is 0. The molecule has 0 spiro atoms. The lowest BCUT2D eigenvalue weighted by molar-refractivity contribution is 0.603. The molecule has 0 aliphatic rings. The maximum absolute atomic E-state index is 13.4. The minimum absolute atomic E-state index is 0.0110. The van der Waals surface area contributed by atoms with E-state index in [4.69, 9.17) is 0 Å². The zero-order valence-electron chi connectivity index (χ0n) is 11.1. The minimum atomic E-state index is -0.202. The summed E-state index contributed by atoms with van der Waals surface area (Å²) < 4.78 is 14.4. The molecular weight excluding hydrogens is 305 g/mol. The van der Waals surface area contributed by atoms with Crippen molar-refractivity contribution in [3.63, 3.8) is 0 Å². The Morgan fingerprint density at radius 1 is 1.16 bits per heavy atom. The van der Waals surface area contributed by atoms with Crippen molar-refractivity contribution in [2.24, 2.45) is 0 Å². The first-order valence-corrected chi connectivity index (χ1v) is 7.15. The normalized spacial score (nSPS) is 12.4. The summed E-state index contributed by atoms with van der Waals surface area (Å²) in [6, 6.07) is 13.0. The van der Waals surface area contributed by atoms with Crippen molar-refractivity contribution in [1.29, 1.82) is 0 Å². The van der Waals surface area contributed by atoms with E-state index in [1.807, 2.05) is 6.07 Å². The van der Waals surface area contributed by atoms with Gasteiger partial charge in [-0.1, -0.05) is 41.1 Å². The van der Waals surface area contributed by atoms with E-state index in [-0.39, 0.29) is 11.9 Å². The summed E-state index contributed by atoms with van der Waals surface area (Å²) in [7, 11) is 0. The highest BCUT2D eigenvalue weighted by atomic mass is 79.9. The number of benzene rings is 2. The van der Waals surface area contributed by atoms with Gasteiger partial charge >= 0.3 is 0 Å². The standard InChI is InChI=1S/C16H17BrFN/c1-3-19-16(12-5-4-6-15(18)10-12)13-7-11(2)8-14(17)9-13/h4-10,16,19H,3H2,1-2H3. The lowest BCUT2D eigenvalue weighted by atomic mass is 9.97. The smallest absolute Gasteiger partial charge is 0.123 e. The van der Waals surface area contributed by atoms with Crippen LogP contribution in [0.5, 0.6) is 0 Å². The van der Waals surface area contributed by atoms with Crippen LogP contribution in [0.3, 0.4) is 0 Å². The van der Waals surface area contributed by atoms with Crippen LogP contribution in [0.15, 0.2) is 46.9 Å². The Morgan fingerprint density at radius 3 is 2.58 bits per heavy atom. The molecule has 1 N–H and O–H groups in total. The first kappa shape index (κ1) is 14.2. The molecule has 0 heterocycles. The molecule has 0 aliphatic carbocycles. The van der Waals surface area contributed by atoms with Crippen molar-refractivity contribution >= 4 is 15.9 Å². The Morgan fingerprint density at radius 2 is 1.95 bits per heavy atom. The van der Waals surface area contributed by atoms with Crippen molar-refractivity contribution in [1.82, 2.24) is 5.32 Å². The third-order valence-corrected chi connectivity index (χ3v) is 3.45. The maximum Gasteiger partial charge on any atom is 0.123 e. The molecule has 0 saturated carbocycles. The molecular formula is C16H17BrFN. The van der Waals surface area contributed by atoms with Gasteiger partial charge in [0.05, 0.1) is 6.04 Å². The minimum Gasteiger partial charge on any atom is -0.307 e. The predicted molar refractivity (Wildman–Crippen MR) is 80.8 cm³/mol. The average molecular weight is 322 g/mol. The zero-order valence-corrected chi connectivity index (χ0v) is 12.7. The van der Waals surface area contributed by atoms with Crippen LogP contribution in [0.25, 0.3) is 0 Å². The quantitative estimate of drug-likeness (QED) is 0.868. The van der Waals surface area contributed by atoms with E-state index in [1.54, 1.807) is 12.1 Å². The summed E-state index contributed by atoms with van der Waals surface area (Å²) in [5.74, 6) is -0.202. The summed E-state index contributed by atoms with van der Waals surface area (Å²) in [6.07, 6.45) is 0.